The van der Waals surface area contributed by atoms with E-state index in [0.29, 0.717) is 6.54 Å². The summed E-state index contributed by atoms with van der Waals surface area (Å²) in [5.41, 5.74) is 5.86. The van der Waals surface area contributed by atoms with Crippen LogP contribution in [0, 0.1) is 11.6 Å². The summed E-state index contributed by atoms with van der Waals surface area (Å²) in [4.78, 5) is 2.33. The first-order valence-electron chi connectivity index (χ1n) is 5.66. The maximum Gasteiger partial charge on any atom is 0.183 e. The number of nitrogens with one attached hydrogen (secondary N) is 1. The summed E-state index contributed by atoms with van der Waals surface area (Å²) in [6.45, 7) is 2.52. The van der Waals surface area contributed by atoms with Crippen molar-refractivity contribution in [3.8, 4) is 0 Å². The van der Waals surface area contributed by atoms with Crippen molar-refractivity contribution in [2.45, 2.75) is 19.9 Å². The maximum absolute atomic E-state index is 13.5. The SMILES string of the molecule is CCc1ccc(CNc2c(N)ccc(F)c2F)s1. The first kappa shape index (κ1) is 12.8. The molecule has 0 aliphatic heterocycles. The molecule has 1 aromatic carbocycles. The highest BCUT2D eigenvalue weighted by Crippen LogP contribution is 2.26. The van der Waals surface area contributed by atoms with Gasteiger partial charge in [0.2, 0.25) is 0 Å². The Balaban J connectivity index is 2.12. The van der Waals surface area contributed by atoms with Crippen molar-refractivity contribution in [2.75, 3.05) is 11.1 Å². The minimum Gasteiger partial charge on any atom is -0.397 e. The monoisotopic (exact) mass is 268 g/mol. The van der Waals surface area contributed by atoms with Crippen LogP contribution in [0.3, 0.4) is 0 Å². The lowest BCUT2D eigenvalue weighted by molar-refractivity contribution is 0.511. The van der Waals surface area contributed by atoms with Crippen LogP contribution in [0.4, 0.5) is 20.2 Å². The molecule has 1 heterocycles. The fraction of sp³-hybridized carbons (Fsp3) is 0.231. The van der Waals surface area contributed by atoms with Crippen LogP contribution < -0.4 is 11.1 Å². The minimum absolute atomic E-state index is 0.0291. The lowest BCUT2D eigenvalue weighted by Gasteiger charge is -2.09. The van der Waals surface area contributed by atoms with Crippen LogP contribution in [-0.2, 0) is 13.0 Å². The first-order chi connectivity index (χ1) is 8.61. The second-order valence-corrected chi connectivity index (χ2v) is 5.15. The average molecular weight is 268 g/mol. The van der Waals surface area contributed by atoms with Crippen molar-refractivity contribution in [1.82, 2.24) is 0 Å². The molecule has 0 aliphatic carbocycles. The van der Waals surface area contributed by atoms with E-state index < -0.39 is 11.6 Å². The molecule has 1 aromatic heterocycles. The Morgan fingerprint density at radius 3 is 2.56 bits per heavy atom. The number of thiophene rings is 1. The Bertz CT molecular complexity index is 552. The van der Waals surface area contributed by atoms with Crippen molar-refractivity contribution in [2.24, 2.45) is 0 Å². The largest absolute Gasteiger partial charge is 0.397 e. The third-order valence-corrected chi connectivity index (χ3v) is 3.86. The molecule has 0 aliphatic rings. The van der Waals surface area contributed by atoms with E-state index in [9.17, 15) is 8.78 Å². The summed E-state index contributed by atoms with van der Waals surface area (Å²) >= 11 is 1.65. The zero-order valence-corrected chi connectivity index (χ0v) is 10.8. The predicted octanol–water partition coefficient (Wildman–Crippen LogP) is 3.78. The summed E-state index contributed by atoms with van der Waals surface area (Å²) in [6.07, 6.45) is 0.973. The molecule has 18 heavy (non-hydrogen) atoms. The third-order valence-electron chi connectivity index (χ3n) is 2.63. The zero-order valence-electron chi connectivity index (χ0n) is 9.97. The fourth-order valence-corrected chi connectivity index (χ4v) is 2.53. The van der Waals surface area contributed by atoms with Crippen LogP contribution in [0.5, 0.6) is 0 Å². The van der Waals surface area contributed by atoms with Crippen LogP contribution in [0.15, 0.2) is 24.3 Å². The quantitative estimate of drug-likeness (QED) is 0.828. The molecule has 0 amide bonds. The molecule has 5 heteroatoms. The molecule has 3 N–H and O–H groups in total. The van der Waals surface area contributed by atoms with Crippen molar-refractivity contribution < 1.29 is 8.78 Å². The average Bonchev–Trinajstić information content (AvgIpc) is 2.82. The highest BCUT2D eigenvalue weighted by atomic mass is 32.1. The Hall–Kier alpha value is -1.62. The van der Waals surface area contributed by atoms with Crippen molar-refractivity contribution in [3.63, 3.8) is 0 Å². The molecule has 0 saturated heterocycles. The molecule has 0 bridgehead atoms. The number of nitrogen functional groups attached to an aromatic ring is 1. The topological polar surface area (TPSA) is 38.0 Å². The normalized spacial score (nSPS) is 10.6. The van der Waals surface area contributed by atoms with Gasteiger partial charge in [-0.25, -0.2) is 8.78 Å². The molecule has 0 spiro atoms. The molecule has 0 atom stereocenters. The van der Waals surface area contributed by atoms with E-state index in [1.165, 1.54) is 10.9 Å². The Morgan fingerprint density at radius 2 is 1.89 bits per heavy atom. The smallest absolute Gasteiger partial charge is 0.183 e. The number of rotatable bonds is 4. The number of benzene rings is 1. The lowest BCUT2D eigenvalue weighted by atomic mass is 10.2. The van der Waals surface area contributed by atoms with Gasteiger partial charge in [-0.3, -0.25) is 0 Å². The standard InChI is InChI=1S/C13H14F2N2S/c1-2-8-3-4-9(18-8)7-17-13-11(16)6-5-10(14)12(13)15/h3-6,17H,2,7,16H2,1H3. The molecular formula is C13H14F2N2S. The second-order valence-electron chi connectivity index (χ2n) is 3.90. The van der Waals surface area contributed by atoms with Crippen LogP contribution in [0.2, 0.25) is 0 Å². The molecule has 2 nitrogen and oxygen atoms in total. The van der Waals surface area contributed by atoms with E-state index in [-0.39, 0.29) is 11.4 Å². The highest BCUT2D eigenvalue weighted by molar-refractivity contribution is 7.12. The molecule has 0 saturated carbocycles. The van der Waals surface area contributed by atoms with Gasteiger partial charge in [-0.2, -0.15) is 0 Å². The highest BCUT2D eigenvalue weighted by Gasteiger charge is 2.11. The van der Waals surface area contributed by atoms with Crippen molar-refractivity contribution in [3.05, 3.63) is 45.7 Å². The fourth-order valence-electron chi connectivity index (χ4n) is 1.63. The van der Waals surface area contributed by atoms with Gasteiger partial charge in [0.05, 0.1) is 11.4 Å². The summed E-state index contributed by atoms with van der Waals surface area (Å²) in [5, 5.41) is 2.85. The van der Waals surface area contributed by atoms with E-state index in [1.807, 2.05) is 12.1 Å². The minimum atomic E-state index is -0.928. The molecular weight excluding hydrogens is 254 g/mol. The molecule has 0 unspecified atom stereocenters. The molecule has 0 fully saturated rings. The van der Waals surface area contributed by atoms with Gasteiger partial charge in [-0.05, 0) is 30.7 Å². The van der Waals surface area contributed by atoms with Gasteiger partial charge in [0, 0.05) is 16.3 Å². The Labute approximate surface area is 108 Å². The molecule has 0 radical (unpaired) electrons. The number of anilines is 2. The summed E-state index contributed by atoms with van der Waals surface area (Å²) in [6, 6.07) is 6.39. The van der Waals surface area contributed by atoms with E-state index in [2.05, 4.69) is 12.2 Å². The predicted molar refractivity (Wildman–Crippen MR) is 71.8 cm³/mol. The summed E-state index contributed by atoms with van der Waals surface area (Å²) < 4.78 is 26.6. The Morgan fingerprint density at radius 1 is 1.17 bits per heavy atom. The van der Waals surface area contributed by atoms with Gasteiger partial charge in [0.25, 0.3) is 0 Å². The van der Waals surface area contributed by atoms with Crippen molar-refractivity contribution >= 4 is 22.7 Å². The number of nitrogens with two attached hydrogens (primary N) is 1. The van der Waals surface area contributed by atoms with E-state index in [4.69, 9.17) is 5.73 Å². The number of hydrogen-bond donors (Lipinski definition) is 2. The van der Waals surface area contributed by atoms with Gasteiger partial charge in [-0.1, -0.05) is 6.92 Å². The maximum atomic E-state index is 13.5. The molecule has 96 valence electrons. The van der Waals surface area contributed by atoms with Crippen LogP contribution in [-0.4, -0.2) is 0 Å². The summed E-state index contributed by atoms with van der Waals surface area (Å²) in [5.74, 6) is -1.82. The van der Waals surface area contributed by atoms with E-state index in [1.54, 1.807) is 11.3 Å². The van der Waals surface area contributed by atoms with Crippen LogP contribution in [0.1, 0.15) is 16.7 Å². The number of hydrogen-bond acceptors (Lipinski definition) is 3. The molecule has 2 rings (SSSR count). The second kappa shape index (κ2) is 5.35. The van der Waals surface area contributed by atoms with E-state index >= 15 is 0 Å². The van der Waals surface area contributed by atoms with Gasteiger partial charge in [0.15, 0.2) is 11.6 Å². The van der Waals surface area contributed by atoms with Gasteiger partial charge < -0.3 is 11.1 Å². The lowest BCUT2D eigenvalue weighted by Crippen LogP contribution is -2.05. The van der Waals surface area contributed by atoms with E-state index in [0.717, 1.165) is 17.4 Å². The zero-order chi connectivity index (χ0) is 13.1. The van der Waals surface area contributed by atoms with Crippen LogP contribution in [0.25, 0.3) is 0 Å². The Kier molecular flexibility index (Phi) is 3.81. The van der Waals surface area contributed by atoms with Crippen LogP contribution >= 0.6 is 11.3 Å². The number of aryl methyl sites for hydroxylation is 1. The number of halogens is 2. The summed E-state index contributed by atoms with van der Waals surface area (Å²) in [7, 11) is 0. The van der Waals surface area contributed by atoms with Gasteiger partial charge in [-0.15, -0.1) is 11.3 Å². The third kappa shape index (κ3) is 2.61. The first-order valence-corrected chi connectivity index (χ1v) is 6.48. The van der Waals surface area contributed by atoms with Gasteiger partial charge >= 0.3 is 0 Å². The van der Waals surface area contributed by atoms with Gasteiger partial charge in [0.1, 0.15) is 0 Å². The molecule has 2 aromatic rings. The van der Waals surface area contributed by atoms with Crippen molar-refractivity contribution in [1.29, 1.82) is 0 Å².